The molecule has 0 unspecified atom stereocenters. The number of allylic oxidation sites excluding steroid dienone is 1. The van der Waals surface area contributed by atoms with E-state index in [9.17, 15) is 0 Å². The van der Waals surface area contributed by atoms with Crippen LogP contribution in [-0.2, 0) is 13.5 Å². The quantitative estimate of drug-likeness (QED) is 0.567. The van der Waals surface area contributed by atoms with E-state index in [1.807, 2.05) is 17.9 Å². The maximum absolute atomic E-state index is 4.12. The molecule has 14 heavy (non-hydrogen) atoms. The van der Waals surface area contributed by atoms with Gasteiger partial charge in [-0.25, -0.2) is 0 Å². The second kappa shape index (κ2) is 5.60. The average molecular weight is 193 g/mol. The number of aromatic nitrogens is 2. The summed E-state index contributed by atoms with van der Waals surface area (Å²) in [5.74, 6) is 0. The van der Waals surface area contributed by atoms with E-state index in [2.05, 4.69) is 36.5 Å². The van der Waals surface area contributed by atoms with Crippen molar-refractivity contribution in [3.05, 3.63) is 29.6 Å². The van der Waals surface area contributed by atoms with Crippen LogP contribution in [0.2, 0.25) is 0 Å². The first-order valence-corrected chi connectivity index (χ1v) is 5.00. The Kier molecular flexibility index (Phi) is 4.40. The Balaban J connectivity index is 2.13. The van der Waals surface area contributed by atoms with Gasteiger partial charge in [0.1, 0.15) is 0 Å². The Morgan fingerprint density at radius 1 is 1.57 bits per heavy atom. The van der Waals surface area contributed by atoms with Crippen molar-refractivity contribution in [2.45, 2.75) is 20.3 Å². The van der Waals surface area contributed by atoms with Gasteiger partial charge in [0.25, 0.3) is 0 Å². The zero-order valence-corrected chi connectivity index (χ0v) is 9.25. The molecule has 1 aromatic heterocycles. The fraction of sp³-hybridized carbons (Fsp3) is 0.545. The van der Waals surface area contributed by atoms with Gasteiger partial charge in [0.05, 0.1) is 6.20 Å². The van der Waals surface area contributed by atoms with Crippen molar-refractivity contribution in [1.29, 1.82) is 0 Å². The molecular weight excluding hydrogens is 174 g/mol. The molecule has 3 nitrogen and oxygen atoms in total. The lowest BCUT2D eigenvalue weighted by atomic mass is 10.2. The number of hydrogen-bond acceptors (Lipinski definition) is 2. The van der Waals surface area contributed by atoms with Crippen LogP contribution >= 0.6 is 0 Å². The molecule has 0 spiro atoms. The van der Waals surface area contributed by atoms with Crippen LogP contribution in [0.15, 0.2) is 24.0 Å². The highest BCUT2D eigenvalue weighted by atomic mass is 15.2. The molecule has 0 radical (unpaired) electrons. The predicted molar refractivity (Wildman–Crippen MR) is 59.2 cm³/mol. The van der Waals surface area contributed by atoms with Gasteiger partial charge in [-0.3, -0.25) is 4.68 Å². The minimum absolute atomic E-state index is 0.961. The molecule has 0 amide bonds. The maximum Gasteiger partial charge on any atom is 0.0522 e. The molecule has 78 valence electrons. The zero-order chi connectivity index (χ0) is 10.4. The summed E-state index contributed by atoms with van der Waals surface area (Å²) in [6, 6.07) is 0. The number of hydrogen-bond donors (Lipinski definition) is 1. The summed E-state index contributed by atoms with van der Waals surface area (Å²) < 4.78 is 1.84. The van der Waals surface area contributed by atoms with Crippen LogP contribution in [0.25, 0.3) is 0 Å². The topological polar surface area (TPSA) is 29.9 Å². The van der Waals surface area contributed by atoms with E-state index in [1.54, 1.807) is 0 Å². The lowest BCUT2D eigenvalue weighted by Gasteiger charge is -1.99. The van der Waals surface area contributed by atoms with Gasteiger partial charge < -0.3 is 5.32 Å². The molecule has 0 fully saturated rings. The van der Waals surface area contributed by atoms with Gasteiger partial charge in [0.15, 0.2) is 0 Å². The van der Waals surface area contributed by atoms with Gasteiger partial charge in [-0.15, -0.1) is 0 Å². The van der Waals surface area contributed by atoms with Crippen molar-refractivity contribution in [1.82, 2.24) is 15.1 Å². The molecule has 0 aliphatic heterocycles. The third kappa shape index (κ3) is 4.23. The van der Waals surface area contributed by atoms with Crippen molar-refractivity contribution in [3.8, 4) is 0 Å². The van der Waals surface area contributed by atoms with Crippen molar-refractivity contribution in [2.75, 3.05) is 13.1 Å². The molecular formula is C11H19N3. The summed E-state index contributed by atoms with van der Waals surface area (Å²) >= 11 is 0. The number of nitrogens with one attached hydrogen (secondary N) is 1. The summed E-state index contributed by atoms with van der Waals surface area (Å²) in [5.41, 5.74) is 2.65. The molecule has 1 N–H and O–H groups in total. The van der Waals surface area contributed by atoms with Crippen molar-refractivity contribution >= 4 is 0 Å². The van der Waals surface area contributed by atoms with Gasteiger partial charge in [-0.2, -0.15) is 5.10 Å². The predicted octanol–water partition coefficient (Wildman–Crippen LogP) is 1.52. The fourth-order valence-corrected chi connectivity index (χ4v) is 1.21. The summed E-state index contributed by atoms with van der Waals surface area (Å²) in [7, 11) is 1.94. The Labute approximate surface area is 85.8 Å². The smallest absolute Gasteiger partial charge is 0.0522 e. The Morgan fingerprint density at radius 3 is 2.93 bits per heavy atom. The first kappa shape index (κ1) is 11.0. The first-order valence-electron chi connectivity index (χ1n) is 5.00. The highest BCUT2D eigenvalue weighted by Crippen LogP contribution is 1.95. The normalized spacial score (nSPS) is 10.2. The van der Waals surface area contributed by atoms with Crippen LogP contribution in [0.5, 0.6) is 0 Å². The number of rotatable bonds is 5. The molecule has 0 atom stereocenters. The molecule has 1 heterocycles. The largest absolute Gasteiger partial charge is 0.313 e. The van der Waals surface area contributed by atoms with Crippen LogP contribution < -0.4 is 5.32 Å². The van der Waals surface area contributed by atoms with Gasteiger partial charge in [-0.05, 0) is 32.4 Å². The molecule has 0 aliphatic rings. The molecule has 3 heteroatoms. The molecule has 0 bridgehead atoms. The lowest BCUT2D eigenvalue weighted by molar-refractivity contribution is 0.739. The molecule has 0 saturated heterocycles. The fourth-order valence-electron chi connectivity index (χ4n) is 1.21. The van der Waals surface area contributed by atoms with Crippen LogP contribution in [0.3, 0.4) is 0 Å². The molecule has 0 aliphatic carbocycles. The van der Waals surface area contributed by atoms with Crippen molar-refractivity contribution in [2.24, 2.45) is 7.05 Å². The second-order valence-corrected chi connectivity index (χ2v) is 3.76. The third-order valence-corrected chi connectivity index (χ3v) is 2.00. The second-order valence-electron chi connectivity index (χ2n) is 3.76. The Bertz CT molecular complexity index is 295. The maximum atomic E-state index is 4.12. The van der Waals surface area contributed by atoms with E-state index in [1.165, 1.54) is 11.1 Å². The lowest BCUT2D eigenvalue weighted by Crippen LogP contribution is -2.17. The highest BCUT2D eigenvalue weighted by Gasteiger charge is 1.94. The molecule has 0 saturated carbocycles. The van der Waals surface area contributed by atoms with E-state index in [4.69, 9.17) is 0 Å². The SMILES string of the molecule is CC(C)=CCNCCc1cnn(C)c1. The number of aryl methyl sites for hydroxylation is 1. The monoisotopic (exact) mass is 193 g/mol. The molecule has 1 rings (SSSR count). The molecule has 1 aromatic rings. The summed E-state index contributed by atoms with van der Waals surface area (Å²) in [6.45, 7) is 6.20. The first-order chi connectivity index (χ1) is 6.68. The van der Waals surface area contributed by atoms with E-state index in [-0.39, 0.29) is 0 Å². The minimum atomic E-state index is 0.961. The van der Waals surface area contributed by atoms with Gasteiger partial charge >= 0.3 is 0 Å². The van der Waals surface area contributed by atoms with Gasteiger partial charge in [0, 0.05) is 19.8 Å². The highest BCUT2D eigenvalue weighted by molar-refractivity contribution is 5.04. The van der Waals surface area contributed by atoms with Crippen LogP contribution in [0.1, 0.15) is 19.4 Å². The van der Waals surface area contributed by atoms with Crippen LogP contribution in [-0.4, -0.2) is 22.9 Å². The average Bonchev–Trinajstić information content (AvgIpc) is 2.50. The summed E-state index contributed by atoms with van der Waals surface area (Å²) in [5, 5.41) is 7.48. The standard InChI is InChI=1S/C11H19N3/c1-10(2)4-6-12-7-5-11-8-13-14(3)9-11/h4,8-9,12H,5-7H2,1-3H3. The third-order valence-electron chi connectivity index (χ3n) is 2.00. The van der Waals surface area contributed by atoms with E-state index in [0.717, 1.165) is 19.5 Å². The summed E-state index contributed by atoms with van der Waals surface area (Å²) in [4.78, 5) is 0. The van der Waals surface area contributed by atoms with E-state index < -0.39 is 0 Å². The van der Waals surface area contributed by atoms with Gasteiger partial charge in [-0.1, -0.05) is 11.6 Å². The minimum Gasteiger partial charge on any atom is -0.313 e. The zero-order valence-electron chi connectivity index (χ0n) is 9.25. The Morgan fingerprint density at radius 2 is 2.36 bits per heavy atom. The van der Waals surface area contributed by atoms with Crippen molar-refractivity contribution in [3.63, 3.8) is 0 Å². The number of nitrogens with zero attached hydrogens (tertiary/aromatic N) is 2. The van der Waals surface area contributed by atoms with Gasteiger partial charge in [0.2, 0.25) is 0 Å². The van der Waals surface area contributed by atoms with Crippen LogP contribution in [0.4, 0.5) is 0 Å². The van der Waals surface area contributed by atoms with Crippen LogP contribution in [0, 0.1) is 0 Å². The van der Waals surface area contributed by atoms with Crippen molar-refractivity contribution < 1.29 is 0 Å². The van der Waals surface area contributed by atoms with E-state index in [0.29, 0.717) is 0 Å². The molecule has 0 aromatic carbocycles. The van der Waals surface area contributed by atoms with E-state index >= 15 is 0 Å². The summed E-state index contributed by atoms with van der Waals surface area (Å²) in [6.07, 6.45) is 7.22. The Hall–Kier alpha value is -1.09.